The number of hydrogen-bond donors (Lipinski definition) is 0. The molecule has 1 aromatic rings. The van der Waals surface area contributed by atoms with Crippen LogP contribution in [0.3, 0.4) is 0 Å². The highest BCUT2D eigenvalue weighted by Gasteiger charge is 2.22. The van der Waals surface area contributed by atoms with Gasteiger partial charge in [-0.1, -0.05) is 6.92 Å². The molecule has 0 aliphatic heterocycles. The van der Waals surface area contributed by atoms with Gasteiger partial charge >= 0.3 is 0 Å². The first kappa shape index (κ1) is 16.6. The summed E-state index contributed by atoms with van der Waals surface area (Å²) >= 11 is 0. The molecule has 20 heavy (non-hydrogen) atoms. The van der Waals surface area contributed by atoms with E-state index in [2.05, 4.69) is 0 Å². The quantitative estimate of drug-likeness (QED) is 0.765. The molecule has 0 aromatic heterocycles. The molecule has 110 valence electrons. The SMILES string of the molecule is CCN(CCCN(C)C)S(=O)(=O)c1ccc(C#N)cc1. The van der Waals surface area contributed by atoms with E-state index in [-0.39, 0.29) is 4.90 Å². The third kappa shape index (κ3) is 4.30. The zero-order valence-corrected chi connectivity index (χ0v) is 13.0. The van der Waals surface area contributed by atoms with E-state index in [1.165, 1.54) is 28.6 Å². The molecule has 0 radical (unpaired) electrons. The third-order valence-electron chi connectivity index (χ3n) is 2.99. The Bertz CT molecular complexity index is 559. The number of sulfonamides is 1. The van der Waals surface area contributed by atoms with Crippen molar-refractivity contribution in [3.05, 3.63) is 29.8 Å². The molecule has 1 rings (SSSR count). The standard InChI is InChI=1S/C14H21N3O2S/c1-4-17(11-5-10-16(2)3)20(18,19)14-8-6-13(12-15)7-9-14/h6-9H,4-5,10-11H2,1-3H3. The Morgan fingerprint density at radius 2 is 1.75 bits per heavy atom. The Morgan fingerprint density at radius 3 is 2.20 bits per heavy atom. The molecule has 0 amide bonds. The molecule has 0 unspecified atom stereocenters. The normalized spacial score (nSPS) is 11.8. The average Bonchev–Trinajstić information content (AvgIpc) is 2.43. The van der Waals surface area contributed by atoms with E-state index in [4.69, 9.17) is 5.26 Å². The molecular weight excluding hydrogens is 274 g/mol. The lowest BCUT2D eigenvalue weighted by molar-refractivity contribution is 0.356. The third-order valence-corrected chi connectivity index (χ3v) is 4.98. The Kier molecular flexibility index (Phi) is 6.14. The van der Waals surface area contributed by atoms with Gasteiger partial charge in [-0.05, 0) is 51.3 Å². The van der Waals surface area contributed by atoms with E-state index < -0.39 is 10.0 Å². The van der Waals surface area contributed by atoms with Crippen molar-refractivity contribution >= 4 is 10.0 Å². The Morgan fingerprint density at radius 1 is 1.15 bits per heavy atom. The Hall–Kier alpha value is -1.42. The van der Waals surface area contributed by atoms with Crippen LogP contribution in [0.15, 0.2) is 29.2 Å². The molecule has 0 heterocycles. The lowest BCUT2D eigenvalue weighted by atomic mass is 10.2. The van der Waals surface area contributed by atoms with Crippen LogP contribution in [0.5, 0.6) is 0 Å². The molecule has 0 saturated carbocycles. The maximum Gasteiger partial charge on any atom is 0.243 e. The first-order chi connectivity index (χ1) is 9.41. The van der Waals surface area contributed by atoms with E-state index >= 15 is 0 Å². The van der Waals surface area contributed by atoms with Gasteiger partial charge in [-0.3, -0.25) is 0 Å². The number of nitriles is 1. The minimum atomic E-state index is -3.47. The second kappa shape index (κ2) is 7.39. The van der Waals surface area contributed by atoms with Crippen molar-refractivity contribution in [3.8, 4) is 6.07 Å². The maximum absolute atomic E-state index is 12.5. The fourth-order valence-corrected chi connectivity index (χ4v) is 3.35. The van der Waals surface area contributed by atoms with E-state index in [1.807, 2.05) is 32.0 Å². The van der Waals surface area contributed by atoms with Crippen LogP contribution in [-0.2, 0) is 10.0 Å². The molecule has 6 heteroatoms. The van der Waals surface area contributed by atoms with Gasteiger partial charge in [-0.25, -0.2) is 8.42 Å². The summed E-state index contributed by atoms with van der Waals surface area (Å²) < 4.78 is 26.4. The number of benzene rings is 1. The van der Waals surface area contributed by atoms with Gasteiger partial charge in [0.25, 0.3) is 0 Å². The van der Waals surface area contributed by atoms with E-state index in [0.29, 0.717) is 18.7 Å². The first-order valence-electron chi connectivity index (χ1n) is 6.57. The second-order valence-corrected chi connectivity index (χ2v) is 6.73. The van der Waals surface area contributed by atoms with Crippen molar-refractivity contribution in [2.75, 3.05) is 33.7 Å². The molecule has 0 bridgehead atoms. The zero-order valence-electron chi connectivity index (χ0n) is 12.2. The van der Waals surface area contributed by atoms with E-state index in [1.54, 1.807) is 0 Å². The molecule has 0 aliphatic carbocycles. The fourth-order valence-electron chi connectivity index (χ4n) is 1.86. The number of hydrogen-bond acceptors (Lipinski definition) is 4. The van der Waals surface area contributed by atoms with Crippen molar-refractivity contribution in [3.63, 3.8) is 0 Å². The summed E-state index contributed by atoms with van der Waals surface area (Å²) in [4.78, 5) is 2.27. The van der Waals surface area contributed by atoms with Crippen LogP contribution in [0, 0.1) is 11.3 Å². The van der Waals surface area contributed by atoms with Crippen LogP contribution < -0.4 is 0 Å². The van der Waals surface area contributed by atoms with Crippen LogP contribution >= 0.6 is 0 Å². The molecule has 0 spiro atoms. The van der Waals surface area contributed by atoms with Gasteiger partial charge in [0, 0.05) is 13.1 Å². The van der Waals surface area contributed by atoms with Crippen LogP contribution in [-0.4, -0.2) is 51.4 Å². The molecule has 0 atom stereocenters. The number of rotatable bonds is 7. The van der Waals surface area contributed by atoms with Crippen molar-refractivity contribution in [1.82, 2.24) is 9.21 Å². The van der Waals surface area contributed by atoms with E-state index in [9.17, 15) is 8.42 Å². The zero-order chi connectivity index (χ0) is 15.2. The van der Waals surface area contributed by atoms with Crippen molar-refractivity contribution in [2.45, 2.75) is 18.2 Å². The van der Waals surface area contributed by atoms with Crippen molar-refractivity contribution in [2.24, 2.45) is 0 Å². The topological polar surface area (TPSA) is 64.4 Å². The highest BCUT2D eigenvalue weighted by atomic mass is 32.2. The molecule has 1 aromatic carbocycles. The summed E-state index contributed by atoms with van der Waals surface area (Å²) in [5.74, 6) is 0. The van der Waals surface area contributed by atoms with E-state index in [0.717, 1.165) is 13.0 Å². The van der Waals surface area contributed by atoms with Crippen LogP contribution in [0.25, 0.3) is 0 Å². The Balaban J connectivity index is 2.85. The van der Waals surface area contributed by atoms with Gasteiger partial charge in [-0.15, -0.1) is 0 Å². The highest BCUT2D eigenvalue weighted by Crippen LogP contribution is 2.16. The summed E-state index contributed by atoms with van der Waals surface area (Å²) in [6.07, 6.45) is 0.788. The highest BCUT2D eigenvalue weighted by molar-refractivity contribution is 7.89. The monoisotopic (exact) mass is 295 g/mol. The molecule has 0 saturated heterocycles. The molecule has 5 nitrogen and oxygen atoms in total. The van der Waals surface area contributed by atoms with Gasteiger partial charge in [-0.2, -0.15) is 9.57 Å². The fraction of sp³-hybridized carbons (Fsp3) is 0.500. The van der Waals surface area contributed by atoms with Crippen LogP contribution in [0.2, 0.25) is 0 Å². The lowest BCUT2D eigenvalue weighted by Gasteiger charge is -2.21. The maximum atomic E-state index is 12.5. The summed E-state index contributed by atoms with van der Waals surface area (Å²) in [6.45, 7) is 3.61. The molecule has 0 fully saturated rings. The lowest BCUT2D eigenvalue weighted by Crippen LogP contribution is -2.33. The van der Waals surface area contributed by atoms with Crippen LogP contribution in [0.4, 0.5) is 0 Å². The predicted octanol–water partition coefficient (Wildman–Crippen LogP) is 1.52. The summed E-state index contributed by atoms with van der Waals surface area (Å²) in [7, 11) is 0.459. The minimum Gasteiger partial charge on any atom is -0.309 e. The first-order valence-corrected chi connectivity index (χ1v) is 8.01. The van der Waals surface area contributed by atoms with Gasteiger partial charge in [0.05, 0.1) is 16.5 Å². The van der Waals surface area contributed by atoms with Crippen molar-refractivity contribution in [1.29, 1.82) is 5.26 Å². The largest absolute Gasteiger partial charge is 0.309 e. The molecule has 0 N–H and O–H groups in total. The van der Waals surface area contributed by atoms with Gasteiger partial charge in [0.2, 0.25) is 10.0 Å². The average molecular weight is 295 g/mol. The molecular formula is C14H21N3O2S. The second-order valence-electron chi connectivity index (χ2n) is 4.79. The van der Waals surface area contributed by atoms with Gasteiger partial charge < -0.3 is 4.90 Å². The summed E-state index contributed by atoms with van der Waals surface area (Å²) in [5, 5.41) is 8.74. The van der Waals surface area contributed by atoms with Crippen LogP contribution in [0.1, 0.15) is 18.9 Å². The number of nitrogens with zero attached hydrogens (tertiary/aromatic N) is 3. The summed E-state index contributed by atoms with van der Waals surface area (Å²) in [5.41, 5.74) is 0.458. The summed E-state index contributed by atoms with van der Waals surface area (Å²) in [6, 6.07) is 8.02. The molecule has 0 aliphatic rings. The predicted molar refractivity (Wildman–Crippen MR) is 78.8 cm³/mol. The van der Waals surface area contributed by atoms with Gasteiger partial charge in [0.1, 0.15) is 0 Å². The Labute approximate surface area is 121 Å². The minimum absolute atomic E-state index is 0.239. The van der Waals surface area contributed by atoms with Gasteiger partial charge in [0.15, 0.2) is 0 Å². The smallest absolute Gasteiger partial charge is 0.243 e. The van der Waals surface area contributed by atoms with Crippen molar-refractivity contribution < 1.29 is 8.42 Å².